The predicted molar refractivity (Wildman–Crippen MR) is 84.9 cm³/mol. The van der Waals surface area contributed by atoms with Gasteiger partial charge in [0.1, 0.15) is 0 Å². The third kappa shape index (κ3) is 2.49. The third-order valence-corrected chi connectivity index (χ3v) is 4.74. The number of rotatable bonds is 3. The largest absolute Gasteiger partial charge is 0.478 e. The molecular formula is C16H19ClN2O3. The van der Waals surface area contributed by atoms with E-state index < -0.39 is 5.97 Å². The van der Waals surface area contributed by atoms with Crippen LogP contribution in [0.15, 0.2) is 18.3 Å². The van der Waals surface area contributed by atoms with Crippen molar-refractivity contribution < 1.29 is 14.6 Å². The van der Waals surface area contributed by atoms with Crippen molar-refractivity contribution in [3.8, 4) is 0 Å². The number of fused-ring (bicyclic) bond motifs is 1. The van der Waals surface area contributed by atoms with Crippen molar-refractivity contribution in [3.05, 3.63) is 40.2 Å². The van der Waals surface area contributed by atoms with Gasteiger partial charge in [-0.25, -0.2) is 4.79 Å². The molecule has 0 aromatic carbocycles. The minimum Gasteiger partial charge on any atom is -0.478 e. The number of hydrogen-bond acceptors (Lipinski definition) is 3. The van der Waals surface area contributed by atoms with E-state index in [1.807, 2.05) is 17.5 Å². The molecule has 1 aliphatic rings. The summed E-state index contributed by atoms with van der Waals surface area (Å²) < 4.78 is 7.41. The molecule has 3 rings (SSSR count). The van der Waals surface area contributed by atoms with Gasteiger partial charge in [-0.05, 0) is 31.5 Å². The molecule has 5 nitrogen and oxygen atoms in total. The van der Waals surface area contributed by atoms with Crippen LogP contribution in [0.4, 0.5) is 0 Å². The van der Waals surface area contributed by atoms with Gasteiger partial charge in [-0.2, -0.15) is 0 Å². The number of hydrogen-bond donors (Lipinski definition) is 1. The summed E-state index contributed by atoms with van der Waals surface area (Å²) in [6.45, 7) is 7.06. The Kier molecular flexibility index (Phi) is 4.12. The molecule has 1 aliphatic heterocycles. The van der Waals surface area contributed by atoms with E-state index in [4.69, 9.17) is 16.3 Å². The van der Waals surface area contributed by atoms with E-state index >= 15 is 0 Å². The molecule has 118 valence electrons. The number of morpholine rings is 1. The molecule has 1 unspecified atom stereocenters. The van der Waals surface area contributed by atoms with Crippen LogP contribution in [-0.4, -0.2) is 46.7 Å². The van der Waals surface area contributed by atoms with Crippen molar-refractivity contribution in [2.24, 2.45) is 0 Å². The fourth-order valence-electron chi connectivity index (χ4n) is 3.21. The van der Waals surface area contributed by atoms with Gasteiger partial charge in [0.2, 0.25) is 0 Å². The topological polar surface area (TPSA) is 54.2 Å². The minimum absolute atomic E-state index is 0.0918. The van der Waals surface area contributed by atoms with Gasteiger partial charge < -0.3 is 14.2 Å². The number of ether oxygens (including phenoxy) is 1. The fourth-order valence-corrected chi connectivity index (χ4v) is 3.41. The van der Waals surface area contributed by atoms with Gasteiger partial charge >= 0.3 is 5.97 Å². The van der Waals surface area contributed by atoms with Crippen molar-refractivity contribution in [2.45, 2.75) is 19.9 Å². The first-order valence-corrected chi connectivity index (χ1v) is 7.73. The number of carbonyl (C=O) groups is 1. The van der Waals surface area contributed by atoms with Gasteiger partial charge in [0.25, 0.3) is 0 Å². The second-order valence-electron chi connectivity index (χ2n) is 5.62. The van der Waals surface area contributed by atoms with Crippen LogP contribution in [0.25, 0.3) is 5.52 Å². The van der Waals surface area contributed by atoms with Crippen LogP contribution in [0.3, 0.4) is 0 Å². The number of carboxylic acid groups (broad SMARTS) is 1. The predicted octanol–water partition coefficient (Wildman–Crippen LogP) is 2.99. The Morgan fingerprint density at radius 1 is 1.41 bits per heavy atom. The van der Waals surface area contributed by atoms with Crippen LogP contribution >= 0.6 is 11.6 Å². The average Bonchev–Trinajstić information content (AvgIpc) is 2.87. The van der Waals surface area contributed by atoms with E-state index in [0.717, 1.165) is 29.9 Å². The summed E-state index contributed by atoms with van der Waals surface area (Å²) in [5.74, 6) is -0.923. The van der Waals surface area contributed by atoms with Gasteiger partial charge in [-0.1, -0.05) is 11.6 Å². The van der Waals surface area contributed by atoms with Crippen LogP contribution in [0, 0.1) is 6.92 Å². The lowest BCUT2D eigenvalue weighted by Crippen LogP contribution is -2.39. The van der Waals surface area contributed by atoms with Gasteiger partial charge in [-0.3, -0.25) is 4.90 Å². The summed E-state index contributed by atoms with van der Waals surface area (Å²) >= 11 is 6.22. The maximum atomic E-state index is 11.6. The second-order valence-corrected chi connectivity index (χ2v) is 6.02. The Balaban J connectivity index is 2.17. The van der Waals surface area contributed by atoms with Crippen LogP contribution in [0.1, 0.15) is 34.6 Å². The van der Waals surface area contributed by atoms with E-state index in [-0.39, 0.29) is 6.04 Å². The standard InChI is InChI=1S/C16H19ClN2O3/c1-10-12(16(20)21)9-14-13(17)3-4-19(14)15(10)11(2)18-5-7-22-8-6-18/h3-4,9,11H,5-8H2,1-2H3,(H,20,21). The van der Waals surface area contributed by atoms with Crippen LogP contribution in [-0.2, 0) is 4.74 Å². The van der Waals surface area contributed by atoms with Gasteiger partial charge in [0, 0.05) is 31.0 Å². The summed E-state index contributed by atoms with van der Waals surface area (Å²) in [6, 6.07) is 3.54. The molecule has 0 radical (unpaired) electrons. The van der Waals surface area contributed by atoms with Crippen molar-refractivity contribution >= 4 is 23.1 Å². The number of aromatic nitrogens is 1. The van der Waals surface area contributed by atoms with E-state index in [2.05, 4.69) is 11.8 Å². The molecule has 0 saturated carbocycles. The third-order valence-electron chi connectivity index (χ3n) is 4.42. The SMILES string of the molecule is Cc1c(C(=O)O)cc2c(Cl)ccn2c1C(C)N1CCOCC1. The minimum atomic E-state index is -0.923. The highest BCUT2D eigenvalue weighted by Crippen LogP contribution is 2.31. The number of aromatic carboxylic acids is 1. The normalized spacial score (nSPS) is 17.8. The molecule has 1 fully saturated rings. The highest BCUT2D eigenvalue weighted by Gasteiger charge is 2.25. The first-order chi connectivity index (χ1) is 10.5. The molecular weight excluding hydrogens is 304 g/mol. The molecule has 2 aromatic heterocycles. The van der Waals surface area contributed by atoms with Crippen molar-refractivity contribution in [2.75, 3.05) is 26.3 Å². The smallest absolute Gasteiger partial charge is 0.336 e. The van der Waals surface area contributed by atoms with E-state index in [9.17, 15) is 9.90 Å². The monoisotopic (exact) mass is 322 g/mol. The van der Waals surface area contributed by atoms with Crippen LogP contribution < -0.4 is 0 Å². The number of nitrogens with zero attached hydrogens (tertiary/aromatic N) is 2. The molecule has 0 bridgehead atoms. The van der Waals surface area contributed by atoms with Crippen molar-refractivity contribution in [1.82, 2.24) is 9.30 Å². The number of carboxylic acids is 1. The zero-order valence-corrected chi connectivity index (χ0v) is 13.4. The molecule has 22 heavy (non-hydrogen) atoms. The Bertz CT molecular complexity index is 720. The van der Waals surface area contributed by atoms with Crippen molar-refractivity contribution in [3.63, 3.8) is 0 Å². The highest BCUT2D eigenvalue weighted by atomic mass is 35.5. The molecule has 2 aromatic rings. The second kappa shape index (κ2) is 5.91. The molecule has 1 atom stereocenters. The highest BCUT2D eigenvalue weighted by molar-refractivity contribution is 6.34. The first-order valence-electron chi connectivity index (χ1n) is 7.36. The van der Waals surface area contributed by atoms with E-state index in [1.54, 1.807) is 12.1 Å². The molecule has 1 N–H and O–H groups in total. The van der Waals surface area contributed by atoms with Crippen LogP contribution in [0.2, 0.25) is 5.02 Å². The zero-order valence-electron chi connectivity index (χ0n) is 12.7. The Hall–Kier alpha value is -1.56. The molecule has 6 heteroatoms. The Labute approximate surface area is 134 Å². The summed E-state index contributed by atoms with van der Waals surface area (Å²) in [6.07, 6.45) is 1.91. The lowest BCUT2D eigenvalue weighted by atomic mass is 10.0. The molecule has 0 spiro atoms. The Morgan fingerprint density at radius 3 is 2.73 bits per heavy atom. The quantitative estimate of drug-likeness (QED) is 0.944. The van der Waals surface area contributed by atoms with Gasteiger partial charge in [0.05, 0.1) is 29.3 Å². The maximum Gasteiger partial charge on any atom is 0.336 e. The number of pyridine rings is 1. The summed E-state index contributed by atoms with van der Waals surface area (Å²) in [5, 5.41) is 10.1. The van der Waals surface area contributed by atoms with Crippen molar-refractivity contribution in [1.29, 1.82) is 0 Å². The number of halogens is 1. The van der Waals surface area contributed by atoms with E-state index in [0.29, 0.717) is 23.8 Å². The molecule has 0 aliphatic carbocycles. The summed E-state index contributed by atoms with van der Waals surface area (Å²) in [7, 11) is 0. The van der Waals surface area contributed by atoms with Crippen LogP contribution in [0.5, 0.6) is 0 Å². The summed E-state index contributed by atoms with van der Waals surface area (Å²) in [4.78, 5) is 13.9. The fraction of sp³-hybridized carbons (Fsp3) is 0.438. The molecule has 0 amide bonds. The molecule has 3 heterocycles. The lowest BCUT2D eigenvalue weighted by Gasteiger charge is -2.34. The average molecular weight is 323 g/mol. The maximum absolute atomic E-state index is 11.6. The zero-order chi connectivity index (χ0) is 15.9. The summed E-state index contributed by atoms with van der Waals surface area (Å²) in [5.41, 5.74) is 2.80. The lowest BCUT2D eigenvalue weighted by molar-refractivity contribution is 0.0187. The van der Waals surface area contributed by atoms with Gasteiger partial charge in [-0.15, -0.1) is 0 Å². The van der Waals surface area contributed by atoms with E-state index in [1.165, 1.54) is 0 Å². The van der Waals surface area contributed by atoms with Gasteiger partial charge in [0.15, 0.2) is 0 Å². The first kappa shape index (κ1) is 15.3. The Morgan fingerprint density at radius 2 is 2.09 bits per heavy atom. The molecule has 1 saturated heterocycles.